The molecular weight excluding hydrogens is 374 g/mol. The van der Waals surface area contributed by atoms with Gasteiger partial charge in [0.25, 0.3) is 0 Å². The molecule has 0 saturated carbocycles. The van der Waals surface area contributed by atoms with E-state index in [9.17, 15) is 13.2 Å². The summed E-state index contributed by atoms with van der Waals surface area (Å²) in [5.41, 5.74) is 2.37. The first-order chi connectivity index (χ1) is 13.4. The van der Waals surface area contributed by atoms with Gasteiger partial charge in [0.2, 0.25) is 10.0 Å². The summed E-state index contributed by atoms with van der Waals surface area (Å²) >= 11 is 0. The molecule has 0 amide bonds. The molecule has 1 aliphatic rings. The van der Waals surface area contributed by atoms with Gasteiger partial charge in [0.05, 0.1) is 10.5 Å². The van der Waals surface area contributed by atoms with Crippen molar-refractivity contribution < 1.29 is 17.9 Å². The van der Waals surface area contributed by atoms with Crippen molar-refractivity contribution >= 4 is 16.0 Å². The first kappa shape index (κ1) is 20.6. The Morgan fingerprint density at radius 3 is 2.36 bits per heavy atom. The maximum Gasteiger partial charge on any atom is 0.338 e. The van der Waals surface area contributed by atoms with E-state index in [4.69, 9.17) is 4.74 Å². The minimum Gasteiger partial charge on any atom is -0.457 e. The second kappa shape index (κ2) is 8.88. The Morgan fingerprint density at radius 1 is 1.04 bits per heavy atom. The van der Waals surface area contributed by atoms with E-state index in [0.717, 1.165) is 24.8 Å². The lowest BCUT2D eigenvalue weighted by molar-refractivity contribution is 0.0472. The molecule has 0 unspecified atom stereocenters. The molecule has 6 heteroatoms. The van der Waals surface area contributed by atoms with Crippen LogP contribution in [0, 0.1) is 0 Å². The molecule has 0 aromatic heterocycles. The van der Waals surface area contributed by atoms with Crippen molar-refractivity contribution in [3.63, 3.8) is 0 Å². The van der Waals surface area contributed by atoms with Gasteiger partial charge in [0.15, 0.2) is 0 Å². The summed E-state index contributed by atoms with van der Waals surface area (Å²) < 4.78 is 32.5. The van der Waals surface area contributed by atoms with Crippen LogP contribution in [0.1, 0.15) is 60.5 Å². The van der Waals surface area contributed by atoms with Gasteiger partial charge in [-0.3, -0.25) is 0 Å². The SMILES string of the molecule is CC(C)c1ccc(COC(=O)c2cccc(S(=O)(=O)N3CCCCC3)c2)cc1. The van der Waals surface area contributed by atoms with E-state index in [2.05, 4.69) is 13.8 Å². The highest BCUT2D eigenvalue weighted by molar-refractivity contribution is 7.89. The second-order valence-electron chi connectivity index (χ2n) is 7.46. The Kier molecular flexibility index (Phi) is 6.52. The van der Waals surface area contributed by atoms with Crippen LogP contribution in [0.3, 0.4) is 0 Å². The molecule has 2 aromatic carbocycles. The largest absolute Gasteiger partial charge is 0.457 e. The number of carbonyl (C=O) groups excluding carboxylic acids is 1. The molecule has 1 aliphatic heterocycles. The molecular formula is C22H27NO4S. The van der Waals surface area contributed by atoms with Gasteiger partial charge in [-0.05, 0) is 48.1 Å². The Morgan fingerprint density at radius 2 is 1.71 bits per heavy atom. The highest BCUT2D eigenvalue weighted by Crippen LogP contribution is 2.22. The highest BCUT2D eigenvalue weighted by atomic mass is 32.2. The molecule has 150 valence electrons. The maximum absolute atomic E-state index is 12.8. The van der Waals surface area contributed by atoms with Gasteiger partial charge < -0.3 is 4.74 Å². The molecule has 0 radical (unpaired) electrons. The summed E-state index contributed by atoms with van der Waals surface area (Å²) in [5, 5.41) is 0. The van der Waals surface area contributed by atoms with Crippen LogP contribution in [0.2, 0.25) is 0 Å². The zero-order chi connectivity index (χ0) is 20.1. The number of ether oxygens (including phenoxy) is 1. The maximum atomic E-state index is 12.8. The number of sulfonamides is 1. The molecule has 28 heavy (non-hydrogen) atoms. The van der Waals surface area contributed by atoms with Gasteiger partial charge in [0.1, 0.15) is 6.61 Å². The van der Waals surface area contributed by atoms with Crippen molar-refractivity contribution in [3.8, 4) is 0 Å². The third kappa shape index (κ3) is 4.80. The van der Waals surface area contributed by atoms with Crippen molar-refractivity contribution in [2.45, 2.75) is 50.5 Å². The monoisotopic (exact) mass is 401 g/mol. The van der Waals surface area contributed by atoms with E-state index in [1.807, 2.05) is 24.3 Å². The van der Waals surface area contributed by atoms with Crippen molar-refractivity contribution in [1.82, 2.24) is 4.31 Å². The number of nitrogens with zero attached hydrogens (tertiary/aromatic N) is 1. The smallest absolute Gasteiger partial charge is 0.338 e. The van der Waals surface area contributed by atoms with Crippen LogP contribution in [-0.4, -0.2) is 31.8 Å². The van der Waals surface area contributed by atoms with Gasteiger partial charge >= 0.3 is 5.97 Å². The number of benzene rings is 2. The average Bonchev–Trinajstić information content (AvgIpc) is 2.73. The number of carbonyl (C=O) groups is 1. The molecule has 1 heterocycles. The summed E-state index contributed by atoms with van der Waals surface area (Å²) in [6.45, 7) is 5.47. The van der Waals surface area contributed by atoms with Gasteiger partial charge in [-0.2, -0.15) is 4.31 Å². The quantitative estimate of drug-likeness (QED) is 0.676. The third-order valence-corrected chi connectivity index (χ3v) is 6.93. The first-order valence-corrected chi connectivity index (χ1v) is 11.2. The zero-order valence-corrected chi connectivity index (χ0v) is 17.2. The van der Waals surface area contributed by atoms with E-state index in [-0.39, 0.29) is 17.1 Å². The van der Waals surface area contributed by atoms with Crippen molar-refractivity contribution in [3.05, 3.63) is 65.2 Å². The zero-order valence-electron chi connectivity index (χ0n) is 16.4. The summed E-state index contributed by atoms with van der Waals surface area (Å²) in [4.78, 5) is 12.6. The van der Waals surface area contributed by atoms with Gasteiger partial charge in [-0.15, -0.1) is 0 Å². The number of piperidine rings is 1. The van der Waals surface area contributed by atoms with Crippen LogP contribution in [0.15, 0.2) is 53.4 Å². The minimum absolute atomic E-state index is 0.144. The summed E-state index contributed by atoms with van der Waals surface area (Å²) in [5.74, 6) is -0.0789. The Labute approximate surface area is 167 Å². The Hall–Kier alpha value is -2.18. The fraction of sp³-hybridized carbons (Fsp3) is 0.409. The number of rotatable bonds is 6. The van der Waals surface area contributed by atoms with E-state index in [0.29, 0.717) is 19.0 Å². The lowest BCUT2D eigenvalue weighted by Gasteiger charge is -2.25. The molecule has 1 saturated heterocycles. The summed E-state index contributed by atoms with van der Waals surface area (Å²) in [7, 11) is -3.57. The van der Waals surface area contributed by atoms with Crippen LogP contribution in [0.5, 0.6) is 0 Å². The molecule has 0 aliphatic carbocycles. The van der Waals surface area contributed by atoms with Gasteiger partial charge in [-0.1, -0.05) is 50.6 Å². The van der Waals surface area contributed by atoms with Crippen molar-refractivity contribution in [2.24, 2.45) is 0 Å². The fourth-order valence-corrected chi connectivity index (χ4v) is 4.83. The minimum atomic E-state index is -3.57. The lowest BCUT2D eigenvalue weighted by atomic mass is 10.0. The topological polar surface area (TPSA) is 63.7 Å². The van der Waals surface area contributed by atoms with E-state index < -0.39 is 16.0 Å². The molecule has 0 bridgehead atoms. The molecule has 0 spiro atoms. The highest BCUT2D eigenvalue weighted by Gasteiger charge is 2.26. The van der Waals surface area contributed by atoms with E-state index in [1.54, 1.807) is 12.1 Å². The van der Waals surface area contributed by atoms with Crippen LogP contribution >= 0.6 is 0 Å². The summed E-state index contributed by atoms with van der Waals surface area (Å²) in [6, 6.07) is 14.1. The average molecular weight is 402 g/mol. The predicted molar refractivity (Wildman–Crippen MR) is 109 cm³/mol. The third-order valence-electron chi connectivity index (χ3n) is 5.04. The van der Waals surface area contributed by atoms with Crippen LogP contribution in [0.25, 0.3) is 0 Å². The van der Waals surface area contributed by atoms with Crippen molar-refractivity contribution in [1.29, 1.82) is 0 Å². The standard InChI is InChI=1S/C22H27NO4S/c1-17(2)19-11-9-18(10-12-19)16-27-22(24)20-7-6-8-21(15-20)28(25,26)23-13-4-3-5-14-23/h6-12,15,17H,3-5,13-14,16H2,1-2H3. The second-order valence-corrected chi connectivity index (χ2v) is 9.40. The summed E-state index contributed by atoms with van der Waals surface area (Å²) in [6.07, 6.45) is 2.80. The van der Waals surface area contributed by atoms with Crippen LogP contribution in [-0.2, 0) is 21.4 Å². The number of esters is 1. The number of hydrogen-bond acceptors (Lipinski definition) is 4. The Balaban J connectivity index is 1.68. The predicted octanol–water partition coefficient (Wildman–Crippen LogP) is 4.34. The van der Waals surface area contributed by atoms with Gasteiger partial charge in [0, 0.05) is 13.1 Å². The molecule has 5 nitrogen and oxygen atoms in total. The van der Waals surface area contributed by atoms with E-state index in [1.165, 1.54) is 22.0 Å². The molecule has 2 aromatic rings. The van der Waals surface area contributed by atoms with Crippen molar-refractivity contribution in [2.75, 3.05) is 13.1 Å². The first-order valence-electron chi connectivity index (χ1n) is 9.74. The van der Waals surface area contributed by atoms with Gasteiger partial charge in [-0.25, -0.2) is 13.2 Å². The molecule has 0 atom stereocenters. The van der Waals surface area contributed by atoms with E-state index >= 15 is 0 Å². The fourth-order valence-electron chi connectivity index (χ4n) is 3.27. The molecule has 0 N–H and O–H groups in total. The molecule has 3 rings (SSSR count). The lowest BCUT2D eigenvalue weighted by Crippen LogP contribution is -2.35. The van der Waals surface area contributed by atoms with Crippen LogP contribution < -0.4 is 0 Å². The number of hydrogen-bond donors (Lipinski definition) is 0. The normalized spacial score (nSPS) is 15.5. The van der Waals surface area contributed by atoms with Crippen LogP contribution in [0.4, 0.5) is 0 Å². The molecule has 1 fully saturated rings. The Bertz CT molecular complexity index is 914.